The first-order valence-corrected chi connectivity index (χ1v) is 11.8. The summed E-state index contributed by atoms with van der Waals surface area (Å²) in [6.45, 7) is 5.66. The van der Waals surface area contributed by atoms with Gasteiger partial charge in [0.2, 0.25) is 0 Å². The number of nitrogens with zero attached hydrogens (tertiary/aromatic N) is 3. The average molecular weight is 453 g/mol. The summed E-state index contributed by atoms with van der Waals surface area (Å²) in [5, 5.41) is 3.70. The van der Waals surface area contributed by atoms with E-state index in [4.69, 9.17) is 15.2 Å². The number of hydrogen-bond donors (Lipinski definition) is 1. The van der Waals surface area contributed by atoms with Crippen LogP contribution in [0.2, 0.25) is 0 Å². The topological polar surface area (TPSA) is 112 Å². The molecule has 2 aromatic heterocycles. The first kappa shape index (κ1) is 21.9. The highest BCUT2D eigenvalue weighted by Gasteiger charge is 2.19. The van der Waals surface area contributed by atoms with E-state index in [1.807, 2.05) is 37.3 Å². The minimum Gasteiger partial charge on any atom is -0.354 e. The molecule has 0 radical (unpaired) electrons. The smallest absolute Gasteiger partial charge is 0.187 e. The second-order valence-electron chi connectivity index (χ2n) is 7.78. The Balaban J connectivity index is 0.00000204. The molecule has 2 aromatic carbocycles. The van der Waals surface area contributed by atoms with Crippen LogP contribution in [-0.2, 0) is 16.4 Å². The van der Waals surface area contributed by atoms with E-state index in [-0.39, 0.29) is 7.75 Å². The molecule has 0 saturated carbocycles. The summed E-state index contributed by atoms with van der Waals surface area (Å²) in [4.78, 5) is 9.45. The van der Waals surface area contributed by atoms with Crippen molar-refractivity contribution in [3.8, 4) is 34.0 Å². The van der Waals surface area contributed by atoms with Gasteiger partial charge in [0.25, 0.3) is 0 Å². The van der Waals surface area contributed by atoms with Gasteiger partial charge in [-0.1, -0.05) is 41.6 Å². The van der Waals surface area contributed by atoms with Gasteiger partial charge in [-0.3, -0.25) is 4.98 Å². The molecule has 0 saturated heterocycles. The third-order valence-electron chi connectivity index (χ3n) is 5.28. The molecule has 0 bridgehead atoms. The molecular weight excluding hydrogens is 424 g/mol. The van der Waals surface area contributed by atoms with Crippen molar-refractivity contribution >= 4 is 9.84 Å². The van der Waals surface area contributed by atoms with E-state index in [0.717, 1.165) is 16.7 Å². The van der Waals surface area contributed by atoms with Gasteiger partial charge in [0.1, 0.15) is 11.4 Å². The Hall–Kier alpha value is -3.36. The fraction of sp³-hybridized carbons (Fsp3) is 0.208. The van der Waals surface area contributed by atoms with Crippen LogP contribution in [0.3, 0.4) is 0 Å². The molecule has 0 aliphatic carbocycles. The first-order valence-electron chi connectivity index (χ1n) is 10.2. The van der Waals surface area contributed by atoms with Crippen LogP contribution in [0.5, 0.6) is 0 Å². The fourth-order valence-corrected chi connectivity index (χ4v) is 4.30. The van der Waals surface area contributed by atoms with Crippen molar-refractivity contribution in [2.75, 3.05) is 0 Å². The summed E-state index contributed by atoms with van der Waals surface area (Å²) in [5.74, 6) is 0.508. The Morgan fingerprint density at radius 1 is 1.00 bits per heavy atom. The van der Waals surface area contributed by atoms with Crippen LogP contribution in [0.1, 0.15) is 28.0 Å². The molecule has 2 N–H and O–H groups in total. The Morgan fingerprint density at radius 3 is 2.25 bits per heavy atom. The summed E-state index contributed by atoms with van der Waals surface area (Å²) in [5.41, 5.74) is 11.0. The SMILES string of the molecule is Cc1ncc(-c2ccc(S(=O)(=O)C(C)C)cc2)nc1-c1cc(-c2ccc(CN)cc2)no1.[HH].[HH]. The molecule has 0 amide bonds. The van der Waals surface area contributed by atoms with Crippen molar-refractivity contribution in [1.82, 2.24) is 15.1 Å². The average Bonchev–Trinajstić information content (AvgIpc) is 3.29. The predicted molar refractivity (Wildman–Crippen MR) is 128 cm³/mol. The van der Waals surface area contributed by atoms with E-state index in [1.165, 1.54) is 0 Å². The summed E-state index contributed by atoms with van der Waals surface area (Å²) in [7, 11) is -3.33. The first-order chi connectivity index (χ1) is 15.3. The normalized spacial score (nSPS) is 11.8. The van der Waals surface area contributed by atoms with Crippen LogP contribution < -0.4 is 5.73 Å². The minimum absolute atomic E-state index is 0. The van der Waals surface area contributed by atoms with Gasteiger partial charge in [-0.05, 0) is 38.5 Å². The highest BCUT2D eigenvalue weighted by atomic mass is 32.2. The zero-order chi connectivity index (χ0) is 22.9. The summed E-state index contributed by atoms with van der Waals surface area (Å²) >= 11 is 0. The van der Waals surface area contributed by atoms with Crippen LogP contribution in [0, 0.1) is 6.92 Å². The summed E-state index contributed by atoms with van der Waals surface area (Å²) in [6, 6.07) is 16.3. The molecule has 0 aliphatic heterocycles. The molecule has 0 fully saturated rings. The van der Waals surface area contributed by atoms with Gasteiger partial charge >= 0.3 is 0 Å². The second kappa shape index (κ2) is 8.64. The predicted octanol–water partition coefficient (Wildman–Crippen LogP) is 4.91. The molecular formula is C24H28N4O3S. The largest absolute Gasteiger partial charge is 0.354 e. The Morgan fingerprint density at radius 2 is 1.62 bits per heavy atom. The third-order valence-corrected chi connectivity index (χ3v) is 7.45. The maximum atomic E-state index is 12.4. The van der Waals surface area contributed by atoms with Crippen molar-refractivity contribution in [2.24, 2.45) is 5.73 Å². The molecule has 0 atom stereocenters. The van der Waals surface area contributed by atoms with Crippen molar-refractivity contribution in [2.45, 2.75) is 37.5 Å². The number of aromatic nitrogens is 3. The molecule has 0 aliphatic rings. The van der Waals surface area contributed by atoms with E-state index in [0.29, 0.717) is 35.1 Å². The van der Waals surface area contributed by atoms with Gasteiger partial charge in [-0.15, -0.1) is 0 Å². The van der Waals surface area contributed by atoms with Gasteiger partial charge in [0, 0.05) is 26.6 Å². The quantitative estimate of drug-likeness (QED) is 0.442. The zero-order valence-corrected chi connectivity index (χ0v) is 18.9. The Bertz CT molecular complexity index is 1350. The molecule has 8 heteroatoms. The van der Waals surface area contributed by atoms with Crippen molar-refractivity contribution < 1.29 is 15.8 Å². The molecule has 0 spiro atoms. The molecule has 4 aromatic rings. The van der Waals surface area contributed by atoms with Crippen LogP contribution in [0.25, 0.3) is 34.0 Å². The molecule has 168 valence electrons. The van der Waals surface area contributed by atoms with Crippen molar-refractivity contribution in [3.63, 3.8) is 0 Å². The van der Waals surface area contributed by atoms with Gasteiger partial charge in [0.15, 0.2) is 15.6 Å². The van der Waals surface area contributed by atoms with Gasteiger partial charge < -0.3 is 10.3 Å². The number of sulfone groups is 1. The van der Waals surface area contributed by atoms with Gasteiger partial charge in [0.05, 0.1) is 27.7 Å². The van der Waals surface area contributed by atoms with Crippen LogP contribution in [-0.4, -0.2) is 28.8 Å². The lowest BCUT2D eigenvalue weighted by Crippen LogP contribution is -2.13. The second-order valence-corrected chi connectivity index (χ2v) is 10.3. The third kappa shape index (κ3) is 4.19. The van der Waals surface area contributed by atoms with Crippen LogP contribution in [0.4, 0.5) is 0 Å². The van der Waals surface area contributed by atoms with Crippen LogP contribution in [0.15, 0.2) is 70.2 Å². The maximum absolute atomic E-state index is 12.4. The number of hydrogen-bond acceptors (Lipinski definition) is 7. The maximum Gasteiger partial charge on any atom is 0.187 e. The molecule has 4 rings (SSSR count). The number of aryl methyl sites for hydroxylation is 1. The Labute approximate surface area is 190 Å². The van der Waals surface area contributed by atoms with E-state index in [1.54, 1.807) is 44.3 Å². The lowest BCUT2D eigenvalue weighted by Gasteiger charge is -2.09. The number of rotatable bonds is 6. The molecule has 32 heavy (non-hydrogen) atoms. The van der Waals surface area contributed by atoms with Gasteiger partial charge in [-0.25, -0.2) is 13.4 Å². The van der Waals surface area contributed by atoms with E-state index < -0.39 is 15.1 Å². The summed E-state index contributed by atoms with van der Waals surface area (Å²) < 4.78 is 30.3. The van der Waals surface area contributed by atoms with Crippen molar-refractivity contribution in [1.29, 1.82) is 0 Å². The minimum atomic E-state index is -3.33. The highest BCUT2D eigenvalue weighted by molar-refractivity contribution is 7.92. The van der Waals surface area contributed by atoms with E-state index >= 15 is 0 Å². The fourth-order valence-electron chi connectivity index (χ4n) is 3.24. The standard InChI is InChI=1S/C24H24N4O3S.2H2/c1-15(2)32(29,30)20-10-8-19(9-11-20)22-14-26-16(3)24(27-22)23-12-21(28-31-23)18-6-4-17(13-25)5-7-18;;/h4-12,14-15H,13,25H2,1-3H3;2*1H. The van der Waals surface area contributed by atoms with E-state index in [9.17, 15) is 8.42 Å². The zero-order valence-electron chi connectivity index (χ0n) is 18.1. The Kier molecular flexibility index (Phi) is 5.90. The number of benzene rings is 2. The highest BCUT2D eigenvalue weighted by Crippen LogP contribution is 2.29. The lowest BCUT2D eigenvalue weighted by molar-refractivity contribution is 0.433. The molecule has 0 unspecified atom stereocenters. The number of nitrogens with two attached hydrogens (primary N) is 1. The molecule has 2 heterocycles. The monoisotopic (exact) mass is 452 g/mol. The lowest BCUT2D eigenvalue weighted by atomic mass is 10.1. The van der Waals surface area contributed by atoms with Crippen LogP contribution >= 0.6 is 0 Å². The molecule has 7 nitrogen and oxygen atoms in total. The van der Waals surface area contributed by atoms with Crippen molar-refractivity contribution in [3.05, 3.63) is 72.1 Å². The van der Waals surface area contributed by atoms with E-state index in [2.05, 4.69) is 10.1 Å². The summed E-state index contributed by atoms with van der Waals surface area (Å²) in [6.07, 6.45) is 1.66. The van der Waals surface area contributed by atoms with Gasteiger partial charge in [-0.2, -0.15) is 0 Å².